The lowest BCUT2D eigenvalue weighted by Crippen LogP contribution is -2.13. The molecule has 6 heteroatoms. The molecule has 94 valence electrons. The Hall–Kier alpha value is -1.82. The number of benzene rings is 1. The van der Waals surface area contributed by atoms with E-state index in [1.807, 2.05) is 24.3 Å². The van der Waals surface area contributed by atoms with Gasteiger partial charge in [-0.25, -0.2) is 9.67 Å². The summed E-state index contributed by atoms with van der Waals surface area (Å²) in [6.07, 6.45) is 3.06. The molecule has 0 saturated carbocycles. The van der Waals surface area contributed by atoms with E-state index in [4.69, 9.17) is 0 Å². The van der Waals surface area contributed by atoms with Crippen LogP contribution in [-0.2, 0) is 6.54 Å². The number of rotatable bonds is 5. The fraction of sp³-hybridized carbons (Fsp3) is 0.250. The lowest BCUT2D eigenvalue weighted by Gasteiger charge is -2.09. The predicted molar refractivity (Wildman–Crippen MR) is 71.2 cm³/mol. The van der Waals surface area contributed by atoms with E-state index in [-0.39, 0.29) is 0 Å². The molecule has 0 bridgehead atoms. The minimum absolute atomic E-state index is 0.401. The summed E-state index contributed by atoms with van der Waals surface area (Å²) in [6, 6.07) is 7.88. The maximum absolute atomic E-state index is 9.19. The number of aromatic nitrogens is 3. The average Bonchev–Trinajstić information content (AvgIpc) is 2.90. The number of oxime groups is 1. The predicted octanol–water partition coefficient (Wildman–Crippen LogP) is 2.27. The van der Waals surface area contributed by atoms with Crippen molar-refractivity contribution < 1.29 is 5.21 Å². The Morgan fingerprint density at radius 3 is 2.94 bits per heavy atom. The van der Waals surface area contributed by atoms with Gasteiger partial charge in [-0.05, 0) is 11.8 Å². The van der Waals surface area contributed by atoms with Gasteiger partial charge in [-0.15, -0.1) is 11.8 Å². The Kier molecular flexibility index (Phi) is 4.35. The topological polar surface area (TPSA) is 63.3 Å². The molecule has 0 saturated heterocycles. The van der Waals surface area contributed by atoms with E-state index in [9.17, 15) is 5.21 Å². The number of hydrogen-bond donors (Lipinski definition) is 1. The first kappa shape index (κ1) is 12.6. The lowest BCUT2D eigenvalue weighted by molar-refractivity contribution is 0.317. The molecule has 1 heterocycles. The van der Waals surface area contributed by atoms with Gasteiger partial charge in [0.15, 0.2) is 0 Å². The summed E-state index contributed by atoms with van der Waals surface area (Å²) in [4.78, 5) is 4.98. The Labute approximate surface area is 110 Å². The monoisotopic (exact) mass is 262 g/mol. The molecule has 1 aromatic heterocycles. The van der Waals surface area contributed by atoms with Gasteiger partial charge in [0.2, 0.25) is 0 Å². The summed E-state index contributed by atoms with van der Waals surface area (Å²) in [7, 11) is 0. The van der Waals surface area contributed by atoms with Gasteiger partial charge < -0.3 is 5.21 Å². The molecule has 2 aromatic rings. The van der Waals surface area contributed by atoms with Crippen LogP contribution in [0.25, 0.3) is 0 Å². The van der Waals surface area contributed by atoms with Crippen molar-refractivity contribution in [3.63, 3.8) is 0 Å². The summed E-state index contributed by atoms with van der Waals surface area (Å²) in [5.41, 5.74) is 1.51. The normalized spacial score (nSPS) is 11.7. The van der Waals surface area contributed by atoms with E-state index in [1.165, 1.54) is 6.33 Å². The van der Waals surface area contributed by atoms with Gasteiger partial charge in [0.1, 0.15) is 18.4 Å². The van der Waals surface area contributed by atoms with Crippen LogP contribution in [0, 0.1) is 0 Å². The standard InChI is InChI=1S/C12H14N4OS/c1-2-18-12-6-4-3-5-10(12)11(15-17)7-16-9-13-8-14-16/h3-6,8-9,17H,2,7H2,1H3. The second-order valence-corrected chi connectivity index (χ2v) is 4.87. The molecule has 2 rings (SSSR count). The van der Waals surface area contributed by atoms with Crippen molar-refractivity contribution in [1.82, 2.24) is 14.8 Å². The van der Waals surface area contributed by atoms with Crippen LogP contribution in [0.1, 0.15) is 12.5 Å². The quantitative estimate of drug-likeness (QED) is 0.388. The fourth-order valence-electron chi connectivity index (χ4n) is 1.62. The van der Waals surface area contributed by atoms with E-state index >= 15 is 0 Å². The molecule has 18 heavy (non-hydrogen) atoms. The zero-order valence-electron chi connectivity index (χ0n) is 10.0. The van der Waals surface area contributed by atoms with Gasteiger partial charge >= 0.3 is 0 Å². The van der Waals surface area contributed by atoms with Crippen LogP contribution < -0.4 is 0 Å². The molecule has 0 atom stereocenters. The van der Waals surface area contributed by atoms with E-state index in [0.29, 0.717) is 12.3 Å². The van der Waals surface area contributed by atoms with E-state index in [1.54, 1.807) is 22.8 Å². The zero-order valence-corrected chi connectivity index (χ0v) is 10.8. The maximum Gasteiger partial charge on any atom is 0.137 e. The highest BCUT2D eigenvalue weighted by Crippen LogP contribution is 2.23. The molecule has 0 aliphatic rings. The number of thioether (sulfide) groups is 1. The highest BCUT2D eigenvalue weighted by atomic mass is 32.2. The van der Waals surface area contributed by atoms with Gasteiger partial charge in [-0.2, -0.15) is 5.10 Å². The van der Waals surface area contributed by atoms with E-state index in [0.717, 1.165) is 16.2 Å². The maximum atomic E-state index is 9.19. The summed E-state index contributed by atoms with van der Waals surface area (Å²) in [5.74, 6) is 0.971. The molecule has 1 aromatic carbocycles. The zero-order chi connectivity index (χ0) is 12.8. The molecule has 5 nitrogen and oxygen atoms in total. The van der Waals surface area contributed by atoms with Crippen molar-refractivity contribution in [2.24, 2.45) is 5.16 Å². The Balaban J connectivity index is 2.27. The first-order chi connectivity index (χ1) is 8.85. The number of hydrogen-bond acceptors (Lipinski definition) is 5. The Morgan fingerprint density at radius 2 is 2.28 bits per heavy atom. The van der Waals surface area contributed by atoms with Gasteiger partial charge in [0, 0.05) is 10.5 Å². The van der Waals surface area contributed by atoms with Gasteiger partial charge in [-0.1, -0.05) is 30.3 Å². The SMILES string of the molecule is CCSc1ccccc1C(Cn1cncn1)=NO. The van der Waals surface area contributed by atoms with Crippen molar-refractivity contribution in [2.45, 2.75) is 18.4 Å². The van der Waals surface area contributed by atoms with Crippen LogP contribution in [0.2, 0.25) is 0 Å². The highest BCUT2D eigenvalue weighted by molar-refractivity contribution is 7.99. The lowest BCUT2D eigenvalue weighted by atomic mass is 10.1. The molecule has 0 unspecified atom stereocenters. The Morgan fingerprint density at radius 1 is 1.44 bits per heavy atom. The smallest absolute Gasteiger partial charge is 0.137 e. The summed E-state index contributed by atoms with van der Waals surface area (Å²) in [5, 5.41) is 16.6. The van der Waals surface area contributed by atoms with Crippen molar-refractivity contribution >= 4 is 17.5 Å². The van der Waals surface area contributed by atoms with Crippen LogP contribution in [0.15, 0.2) is 47.0 Å². The third-order valence-electron chi connectivity index (χ3n) is 2.40. The van der Waals surface area contributed by atoms with Crippen molar-refractivity contribution in [3.8, 4) is 0 Å². The van der Waals surface area contributed by atoms with Gasteiger partial charge in [0.05, 0.1) is 6.54 Å². The second kappa shape index (κ2) is 6.20. The third kappa shape index (κ3) is 2.89. The largest absolute Gasteiger partial charge is 0.411 e. The molecule has 0 amide bonds. The molecule has 0 radical (unpaired) electrons. The van der Waals surface area contributed by atoms with Crippen molar-refractivity contribution in [1.29, 1.82) is 0 Å². The molecule has 0 aliphatic heterocycles. The molecular formula is C12H14N4OS. The molecule has 0 spiro atoms. The highest BCUT2D eigenvalue weighted by Gasteiger charge is 2.10. The summed E-state index contributed by atoms with van der Waals surface area (Å²) >= 11 is 1.72. The third-order valence-corrected chi connectivity index (χ3v) is 3.35. The fourth-order valence-corrected chi connectivity index (χ4v) is 2.45. The van der Waals surface area contributed by atoms with Crippen LogP contribution in [-0.4, -0.2) is 31.4 Å². The van der Waals surface area contributed by atoms with Crippen molar-refractivity contribution in [2.75, 3.05) is 5.75 Å². The molecule has 0 fully saturated rings. The van der Waals surface area contributed by atoms with Crippen molar-refractivity contribution in [3.05, 3.63) is 42.5 Å². The van der Waals surface area contributed by atoms with Crippen LogP contribution in [0.3, 0.4) is 0 Å². The number of nitrogens with zero attached hydrogens (tertiary/aromatic N) is 4. The Bertz CT molecular complexity index is 525. The van der Waals surface area contributed by atoms with Gasteiger partial charge in [0.25, 0.3) is 0 Å². The van der Waals surface area contributed by atoms with Crippen LogP contribution >= 0.6 is 11.8 Å². The average molecular weight is 262 g/mol. The summed E-state index contributed by atoms with van der Waals surface area (Å²) in [6.45, 7) is 2.49. The first-order valence-electron chi connectivity index (χ1n) is 5.60. The van der Waals surface area contributed by atoms with Crippen LogP contribution in [0.5, 0.6) is 0 Å². The summed E-state index contributed by atoms with van der Waals surface area (Å²) < 4.78 is 1.63. The molecule has 0 aliphatic carbocycles. The minimum atomic E-state index is 0.401. The molecule has 1 N–H and O–H groups in total. The van der Waals surface area contributed by atoms with Crippen LogP contribution in [0.4, 0.5) is 0 Å². The van der Waals surface area contributed by atoms with E-state index < -0.39 is 0 Å². The first-order valence-corrected chi connectivity index (χ1v) is 6.59. The van der Waals surface area contributed by atoms with Gasteiger partial charge in [-0.3, -0.25) is 0 Å². The van der Waals surface area contributed by atoms with E-state index in [2.05, 4.69) is 22.2 Å². The minimum Gasteiger partial charge on any atom is -0.411 e. The molecular weight excluding hydrogens is 248 g/mol. The second-order valence-electron chi connectivity index (χ2n) is 3.57.